The first-order valence-corrected chi connectivity index (χ1v) is 4.50. The van der Waals surface area contributed by atoms with Crippen LogP contribution in [0, 0.1) is 0 Å². The molecule has 64 valence electrons. The standard InChI is InChI=1S/C9H7Cl3/c1-6(10)4-7-2-3-8(11)5-9(7)12/h2-3,5H,1,4H2. The van der Waals surface area contributed by atoms with E-state index in [-0.39, 0.29) is 0 Å². The van der Waals surface area contributed by atoms with Gasteiger partial charge in [0.1, 0.15) is 0 Å². The van der Waals surface area contributed by atoms with Crippen LogP contribution < -0.4 is 0 Å². The van der Waals surface area contributed by atoms with E-state index in [1.807, 2.05) is 6.07 Å². The maximum atomic E-state index is 5.89. The number of hydrogen-bond donors (Lipinski definition) is 0. The predicted molar refractivity (Wildman–Crippen MR) is 55.2 cm³/mol. The lowest BCUT2D eigenvalue weighted by Gasteiger charge is -2.02. The highest BCUT2D eigenvalue weighted by atomic mass is 35.5. The van der Waals surface area contributed by atoms with Gasteiger partial charge in [0.15, 0.2) is 0 Å². The Labute approximate surface area is 86.7 Å². The molecule has 0 aliphatic carbocycles. The van der Waals surface area contributed by atoms with Crippen molar-refractivity contribution in [2.45, 2.75) is 6.42 Å². The first-order chi connectivity index (χ1) is 5.59. The lowest BCUT2D eigenvalue weighted by molar-refractivity contribution is 1.25. The maximum absolute atomic E-state index is 5.89. The molecular weight excluding hydrogens is 214 g/mol. The maximum Gasteiger partial charge on any atom is 0.0456 e. The predicted octanol–water partition coefficient (Wildman–Crippen LogP) is 4.29. The minimum atomic E-state index is 0.569. The van der Waals surface area contributed by atoms with Crippen LogP contribution in [0.2, 0.25) is 10.0 Å². The highest BCUT2D eigenvalue weighted by molar-refractivity contribution is 6.35. The molecule has 0 aliphatic heterocycles. The molecule has 0 nitrogen and oxygen atoms in total. The van der Waals surface area contributed by atoms with Crippen molar-refractivity contribution in [1.29, 1.82) is 0 Å². The van der Waals surface area contributed by atoms with E-state index in [0.29, 0.717) is 21.5 Å². The van der Waals surface area contributed by atoms with E-state index in [1.165, 1.54) is 0 Å². The Hall–Kier alpha value is -0.170. The van der Waals surface area contributed by atoms with Gasteiger partial charge in [0.05, 0.1) is 0 Å². The van der Waals surface area contributed by atoms with Crippen LogP contribution in [0.4, 0.5) is 0 Å². The second kappa shape index (κ2) is 4.18. The summed E-state index contributed by atoms with van der Waals surface area (Å²) in [5, 5.41) is 1.83. The molecule has 0 atom stereocenters. The van der Waals surface area contributed by atoms with Crippen molar-refractivity contribution in [3.63, 3.8) is 0 Å². The molecule has 0 fully saturated rings. The van der Waals surface area contributed by atoms with Gasteiger partial charge in [-0.1, -0.05) is 47.4 Å². The normalized spacial score (nSPS) is 9.92. The molecule has 0 saturated heterocycles. The van der Waals surface area contributed by atoms with E-state index in [9.17, 15) is 0 Å². The van der Waals surface area contributed by atoms with Crippen molar-refractivity contribution in [3.05, 3.63) is 45.4 Å². The average molecular weight is 222 g/mol. The molecule has 0 N–H and O–H groups in total. The Balaban J connectivity index is 2.93. The van der Waals surface area contributed by atoms with Gasteiger partial charge in [0.25, 0.3) is 0 Å². The van der Waals surface area contributed by atoms with Crippen molar-refractivity contribution in [2.75, 3.05) is 0 Å². The van der Waals surface area contributed by atoms with Gasteiger partial charge in [-0.2, -0.15) is 0 Å². The average Bonchev–Trinajstić information content (AvgIpc) is 1.94. The van der Waals surface area contributed by atoms with Crippen LogP contribution in [0.25, 0.3) is 0 Å². The van der Waals surface area contributed by atoms with E-state index in [1.54, 1.807) is 12.1 Å². The summed E-state index contributed by atoms with van der Waals surface area (Å²) in [4.78, 5) is 0. The lowest BCUT2D eigenvalue weighted by atomic mass is 10.1. The summed E-state index contributed by atoms with van der Waals surface area (Å²) in [6, 6.07) is 5.32. The molecule has 1 aromatic rings. The van der Waals surface area contributed by atoms with Gasteiger partial charge in [-0.15, -0.1) is 0 Å². The van der Waals surface area contributed by atoms with Gasteiger partial charge in [0.2, 0.25) is 0 Å². The zero-order valence-corrected chi connectivity index (χ0v) is 8.55. The summed E-state index contributed by atoms with van der Waals surface area (Å²) < 4.78 is 0. The smallest absolute Gasteiger partial charge is 0.0456 e. The van der Waals surface area contributed by atoms with Gasteiger partial charge in [-0.05, 0) is 17.7 Å². The first-order valence-electron chi connectivity index (χ1n) is 3.37. The molecule has 0 amide bonds. The quantitative estimate of drug-likeness (QED) is 0.699. The van der Waals surface area contributed by atoms with E-state index >= 15 is 0 Å². The molecule has 0 bridgehead atoms. The van der Waals surface area contributed by atoms with Crippen molar-refractivity contribution in [3.8, 4) is 0 Å². The van der Waals surface area contributed by atoms with Crippen LogP contribution in [0.3, 0.4) is 0 Å². The number of rotatable bonds is 2. The van der Waals surface area contributed by atoms with Gasteiger partial charge >= 0.3 is 0 Å². The highest BCUT2D eigenvalue weighted by Crippen LogP contribution is 2.23. The fourth-order valence-corrected chi connectivity index (χ4v) is 1.49. The van der Waals surface area contributed by atoms with Gasteiger partial charge < -0.3 is 0 Å². The highest BCUT2D eigenvalue weighted by Gasteiger charge is 2.01. The van der Waals surface area contributed by atoms with Gasteiger partial charge in [-0.25, -0.2) is 0 Å². The molecule has 3 heteroatoms. The van der Waals surface area contributed by atoms with Crippen LogP contribution in [0.5, 0.6) is 0 Å². The van der Waals surface area contributed by atoms with Crippen molar-refractivity contribution >= 4 is 34.8 Å². The molecule has 12 heavy (non-hydrogen) atoms. The third kappa shape index (κ3) is 2.71. The Bertz CT molecular complexity index is 305. The summed E-state index contributed by atoms with van der Waals surface area (Å²) in [5.74, 6) is 0. The van der Waals surface area contributed by atoms with Crippen molar-refractivity contribution < 1.29 is 0 Å². The largest absolute Gasteiger partial charge is 0.0894 e. The van der Waals surface area contributed by atoms with E-state index in [4.69, 9.17) is 34.8 Å². The molecule has 1 rings (SSSR count). The number of hydrogen-bond acceptors (Lipinski definition) is 0. The minimum absolute atomic E-state index is 0.569. The zero-order valence-electron chi connectivity index (χ0n) is 6.28. The molecule has 0 aromatic heterocycles. The van der Waals surface area contributed by atoms with Crippen LogP contribution in [-0.4, -0.2) is 0 Å². The minimum Gasteiger partial charge on any atom is -0.0894 e. The molecule has 1 aromatic carbocycles. The van der Waals surface area contributed by atoms with Crippen LogP contribution in [-0.2, 0) is 6.42 Å². The third-order valence-corrected chi connectivity index (χ3v) is 2.12. The SMILES string of the molecule is C=C(Cl)Cc1ccc(Cl)cc1Cl. The Morgan fingerprint density at radius 1 is 1.33 bits per heavy atom. The lowest BCUT2D eigenvalue weighted by Crippen LogP contribution is -1.84. The molecule has 0 saturated carbocycles. The monoisotopic (exact) mass is 220 g/mol. The molecule has 0 unspecified atom stereocenters. The Morgan fingerprint density at radius 2 is 2.00 bits per heavy atom. The second-order valence-corrected chi connectivity index (χ2v) is 3.81. The molecule has 0 radical (unpaired) electrons. The fraction of sp³-hybridized carbons (Fsp3) is 0.111. The van der Waals surface area contributed by atoms with Gasteiger partial charge in [0, 0.05) is 21.5 Å². The Kier molecular flexibility index (Phi) is 3.45. The summed E-state index contributed by atoms with van der Waals surface area (Å²) in [6.45, 7) is 3.59. The third-order valence-electron chi connectivity index (χ3n) is 1.40. The van der Waals surface area contributed by atoms with Crippen LogP contribution >= 0.6 is 34.8 Å². The summed E-state index contributed by atoms with van der Waals surface area (Å²) >= 11 is 17.2. The van der Waals surface area contributed by atoms with Crippen LogP contribution in [0.1, 0.15) is 5.56 Å². The molecule has 0 spiro atoms. The Morgan fingerprint density at radius 3 is 2.50 bits per heavy atom. The number of halogens is 3. The van der Waals surface area contributed by atoms with Crippen molar-refractivity contribution in [2.24, 2.45) is 0 Å². The van der Waals surface area contributed by atoms with Crippen LogP contribution in [0.15, 0.2) is 29.8 Å². The zero-order chi connectivity index (χ0) is 9.14. The summed E-state index contributed by atoms with van der Waals surface area (Å²) in [5.41, 5.74) is 0.945. The summed E-state index contributed by atoms with van der Waals surface area (Å²) in [7, 11) is 0. The van der Waals surface area contributed by atoms with Crippen molar-refractivity contribution in [1.82, 2.24) is 0 Å². The molecule has 0 aliphatic rings. The number of benzene rings is 1. The van der Waals surface area contributed by atoms with E-state index in [2.05, 4.69) is 6.58 Å². The summed E-state index contributed by atoms with van der Waals surface area (Å²) in [6.07, 6.45) is 0.581. The van der Waals surface area contributed by atoms with E-state index < -0.39 is 0 Å². The first kappa shape index (κ1) is 9.91. The van der Waals surface area contributed by atoms with Gasteiger partial charge in [-0.3, -0.25) is 0 Å². The van der Waals surface area contributed by atoms with E-state index in [0.717, 1.165) is 5.56 Å². The fourth-order valence-electron chi connectivity index (χ4n) is 0.872. The second-order valence-electron chi connectivity index (χ2n) is 2.43. The molecule has 0 heterocycles. The number of allylic oxidation sites excluding steroid dienone is 1. The molecular formula is C9H7Cl3. The topological polar surface area (TPSA) is 0 Å².